The molecule has 4 nitrogen and oxygen atoms in total. The van der Waals surface area contributed by atoms with Gasteiger partial charge in [0.25, 0.3) is 0 Å². The molecule has 1 aromatic carbocycles. The average Bonchev–Trinajstić information content (AvgIpc) is 2.92. The first-order valence-electron chi connectivity index (χ1n) is 7.87. The van der Waals surface area contributed by atoms with Crippen LogP contribution in [0.2, 0.25) is 0 Å². The molecule has 5 heteroatoms. The molecule has 3 rings (SSSR count). The van der Waals surface area contributed by atoms with Crippen molar-refractivity contribution < 1.29 is 8.42 Å². The maximum atomic E-state index is 12.8. The number of nitrogens with two attached hydrogens (primary N) is 1. The molecule has 1 aromatic rings. The van der Waals surface area contributed by atoms with Crippen LogP contribution in [0.25, 0.3) is 0 Å². The highest BCUT2D eigenvalue weighted by Crippen LogP contribution is 2.38. The van der Waals surface area contributed by atoms with Crippen LogP contribution in [0, 0.1) is 5.92 Å². The molecule has 21 heavy (non-hydrogen) atoms. The molecule has 2 atom stereocenters. The van der Waals surface area contributed by atoms with E-state index >= 15 is 0 Å². The zero-order chi connectivity index (χ0) is 14.9. The van der Waals surface area contributed by atoms with E-state index in [2.05, 4.69) is 0 Å². The van der Waals surface area contributed by atoms with Gasteiger partial charge in [-0.05, 0) is 36.3 Å². The number of sulfonamides is 1. The first-order chi connectivity index (χ1) is 10.1. The second-order valence-electron chi connectivity index (χ2n) is 6.29. The van der Waals surface area contributed by atoms with Gasteiger partial charge in [0.2, 0.25) is 10.0 Å². The second-order valence-corrected chi connectivity index (χ2v) is 8.21. The van der Waals surface area contributed by atoms with E-state index in [4.69, 9.17) is 5.73 Å². The monoisotopic (exact) mass is 308 g/mol. The Morgan fingerprint density at radius 2 is 1.90 bits per heavy atom. The Bertz CT molecular complexity index is 600. The van der Waals surface area contributed by atoms with Crippen molar-refractivity contribution in [2.45, 2.75) is 50.4 Å². The molecule has 2 aliphatic rings. The van der Waals surface area contributed by atoms with Crippen molar-refractivity contribution in [1.29, 1.82) is 0 Å². The first-order valence-corrected chi connectivity index (χ1v) is 9.48. The van der Waals surface area contributed by atoms with Gasteiger partial charge in [0.15, 0.2) is 0 Å². The van der Waals surface area contributed by atoms with Crippen LogP contribution in [0.4, 0.5) is 0 Å². The molecule has 1 saturated carbocycles. The van der Waals surface area contributed by atoms with E-state index in [1.807, 2.05) is 24.3 Å². The Labute approximate surface area is 127 Å². The predicted octanol–water partition coefficient (Wildman–Crippen LogP) is 2.24. The molecule has 116 valence electrons. The van der Waals surface area contributed by atoms with Gasteiger partial charge in [-0.2, -0.15) is 4.31 Å². The number of nitrogens with zero attached hydrogens (tertiary/aromatic N) is 1. The van der Waals surface area contributed by atoms with Gasteiger partial charge >= 0.3 is 0 Å². The van der Waals surface area contributed by atoms with Crippen LogP contribution in [0.5, 0.6) is 0 Å². The van der Waals surface area contributed by atoms with Gasteiger partial charge in [-0.3, -0.25) is 0 Å². The van der Waals surface area contributed by atoms with Gasteiger partial charge < -0.3 is 5.73 Å². The first kappa shape index (κ1) is 15.0. The van der Waals surface area contributed by atoms with E-state index < -0.39 is 10.0 Å². The molecule has 0 spiro atoms. The van der Waals surface area contributed by atoms with Gasteiger partial charge in [0.05, 0.1) is 5.75 Å². The van der Waals surface area contributed by atoms with E-state index in [0.717, 1.165) is 30.4 Å². The van der Waals surface area contributed by atoms with E-state index in [9.17, 15) is 8.42 Å². The van der Waals surface area contributed by atoms with E-state index in [1.54, 1.807) is 4.31 Å². The quantitative estimate of drug-likeness (QED) is 0.928. The highest BCUT2D eigenvalue weighted by atomic mass is 32.2. The Morgan fingerprint density at radius 1 is 1.14 bits per heavy atom. The van der Waals surface area contributed by atoms with E-state index in [-0.39, 0.29) is 11.8 Å². The molecule has 0 radical (unpaired) electrons. The van der Waals surface area contributed by atoms with Gasteiger partial charge in [0, 0.05) is 19.1 Å². The van der Waals surface area contributed by atoms with Crippen molar-refractivity contribution in [3.05, 3.63) is 35.4 Å². The molecule has 1 aliphatic carbocycles. The summed E-state index contributed by atoms with van der Waals surface area (Å²) < 4.78 is 27.3. The minimum absolute atomic E-state index is 0.101. The number of hydrogen-bond acceptors (Lipinski definition) is 3. The zero-order valence-electron chi connectivity index (χ0n) is 12.4. The zero-order valence-corrected chi connectivity index (χ0v) is 13.2. The highest BCUT2D eigenvalue weighted by Gasteiger charge is 2.41. The third-order valence-corrected chi connectivity index (χ3v) is 6.76. The van der Waals surface area contributed by atoms with Crippen LogP contribution < -0.4 is 5.73 Å². The third kappa shape index (κ3) is 3.15. The van der Waals surface area contributed by atoms with Gasteiger partial charge in [0.1, 0.15) is 0 Å². The van der Waals surface area contributed by atoms with Crippen LogP contribution in [0.3, 0.4) is 0 Å². The van der Waals surface area contributed by atoms with Crippen LogP contribution in [-0.2, 0) is 22.3 Å². The molecule has 0 amide bonds. The summed E-state index contributed by atoms with van der Waals surface area (Å²) >= 11 is 0. The number of fused-ring (bicyclic) bond motifs is 1. The summed E-state index contributed by atoms with van der Waals surface area (Å²) in [5, 5.41) is 0. The summed E-state index contributed by atoms with van der Waals surface area (Å²) in [5.41, 5.74) is 7.46. The minimum atomic E-state index is -3.22. The normalized spacial score (nSPS) is 26.7. The van der Waals surface area contributed by atoms with E-state index in [1.165, 1.54) is 12.8 Å². The average molecular weight is 308 g/mol. The van der Waals surface area contributed by atoms with Gasteiger partial charge in [-0.15, -0.1) is 0 Å². The summed E-state index contributed by atoms with van der Waals surface area (Å²) in [7, 11) is -3.22. The SMILES string of the molecule is NCc1cccc(CS(=O)(=O)N2CCC3CCCCC32)c1. The standard InChI is InChI=1S/C16H24N2O2S/c17-11-13-4-3-5-14(10-13)12-21(19,20)18-9-8-15-6-1-2-7-16(15)18/h3-5,10,15-16H,1-2,6-9,11-12,17H2. The fourth-order valence-electron chi connectivity index (χ4n) is 3.85. The van der Waals surface area contributed by atoms with Crippen molar-refractivity contribution in [2.24, 2.45) is 11.7 Å². The lowest BCUT2D eigenvalue weighted by Gasteiger charge is -2.31. The van der Waals surface area contributed by atoms with Crippen LogP contribution in [0.1, 0.15) is 43.2 Å². The van der Waals surface area contributed by atoms with Crippen molar-refractivity contribution in [2.75, 3.05) is 6.54 Å². The molecule has 1 saturated heterocycles. The molecule has 2 fully saturated rings. The molecule has 0 bridgehead atoms. The summed E-state index contributed by atoms with van der Waals surface area (Å²) in [6, 6.07) is 7.86. The van der Waals surface area contributed by atoms with Crippen LogP contribution >= 0.6 is 0 Å². The molecule has 2 N–H and O–H groups in total. The molecule has 0 aromatic heterocycles. The van der Waals surface area contributed by atoms with Crippen LogP contribution in [-0.4, -0.2) is 25.3 Å². The predicted molar refractivity (Wildman–Crippen MR) is 84.0 cm³/mol. The number of benzene rings is 1. The fourth-order valence-corrected chi connectivity index (χ4v) is 5.69. The molecule has 1 heterocycles. The van der Waals surface area contributed by atoms with E-state index in [0.29, 0.717) is 19.0 Å². The lowest BCUT2D eigenvalue weighted by atomic mass is 9.86. The number of rotatable bonds is 4. The Morgan fingerprint density at radius 3 is 2.71 bits per heavy atom. The molecular weight excluding hydrogens is 284 g/mol. The largest absolute Gasteiger partial charge is 0.326 e. The fraction of sp³-hybridized carbons (Fsp3) is 0.625. The summed E-state index contributed by atoms with van der Waals surface area (Å²) in [6.45, 7) is 1.15. The lowest BCUT2D eigenvalue weighted by molar-refractivity contribution is 0.260. The van der Waals surface area contributed by atoms with Crippen LogP contribution in [0.15, 0.2) is 24.3 Å². The molecule has 2 unspecified atom stereocenters. The van der Waals surface area contributed by atoms with Gasteiger partial charge in [-0.1, -0.05) is 37.1 Å². The Kier molecular flexibility index (Phi) is 4.33. The summed E-state index contributed by atoms with van der Waals surface area (Å²) in [4.78, 5) is 0. The summed E-state index contributed by atoms with van der Waals surface area (Å²) in [6.07, 6.45) is 5.68. The van der Waals surface area contributed by atoms with Crippen molar-refractivity contribution in [3.8, 4) is 0 Å². The van der Waals surface area contributed by atoms with Crippen molar-refractivity contribution in [1.82, 2.24) is 4.31 Å². The molecule has 1 aliphatic heterocycles. The topological polar surface area (TPSA) is 63.4 Å². The smallest absolute Gasteiger partial charge is 0.218 e. The molecular formula is C16H24N2O2S. The summed E-state index contributed by atoms with van der Waals surface area (Å²) in [5.74, 6) is 0.688. The maximum Gasteiger partial charge on any atom is 0.218 e. The Balaban J connectivity index is 1.77. The second kappa shape index (κ2) is 6.07. The van der Waals surface area contributed by atoms with Crippen molar-refractivity contribution in [3.63, 3.8) is 0 Å². The van der Waals surface area contributed by atoms with Crippen molar-refractivity contribution >= 4 is 10.0 Å². The lowest BCUT2D eigenvalue weighted by Crippen LogP contribution is -2.39. The maximum absolute atomic E-state index is 12.8. The third-order valence-electron chi connectivity index (χ3n) is 4.89. The number of hydrogen-bond donors (Lipinski definition) is 1. The minimum Gasteiger partial charge on any atom is -0.326 e. The highest BCUT2D eigenvalue weighted by molar-refractivity contribution is 7.88. The van der Waals surface area contributed by atoms with Gasteiger partial charge in [-0.25, -0.2) is 8.42 Å². The Hall–Kier alpha value is -0.910.